The highest BCUT2D eigenvalue weighted by atomic mass is 35.5. The van der Waals surface area contributed by atoms with Crippen molar-refractivity contribution in [2.45, 2.75) is 31.2 Å². The number of hydrogen-bond donors (Lipinski definition) is 1. The molecule has 1 aliphatic rings. The van der Waals surface area contributed by atoms with Gasteiger partial charge in [0.15, 0.2) is 0 Å². The molecule has 2 rings (SSSR count). The topological polar surface area (TPSA) is 46.3 Å². The standard InChI is InChI=1S/C15H21ClN2OS/c1-3-20-14-5-4-12(16)7-13(14)15(19)18-9-11(8-17)6-10(18)2/h4-5,7,10-11H,3,6,8-9,17H2,1-2H3. The Kier molecular flexibility index (Phi) is 5.35. The van der Waals surface area contributed by atoms with Crippen molar-refractivity contribution >= 4 is 29.3 Å². The molecular weight excluding hydrogens is 292 g/mol. The summed E-state index contributed by atoms with van der Waals surface area (Å²) in [5.41, 5.74) is 6.45. The third-order valence-corrected chi connectivity index (χ3v) is 4.92. The van der Waals surface area contributed by atoms with Crippen molar-refractivity contribution in [3.8, 4) is 0 Å². The summed E-state index contributed by atoms with van der Waals surface area (Å²) in [7, 11) is 0. The molecule has 0 aliphatic carbocycles. The van der Waals surface area contributed by atoms with Crippen molar-refractivity contribution in [3.05, 3.63) is 28.8 Å². The maximum absolute atomic E-state index is 12.8. The smallest absolute Gasteiger partial charge is 0.255 e. The number of thioether (sulfide) groups is 1. The van der Waals surface area contributed by atoms with Crippen LogP contribution in [0.4, 0.5) is 0 Å². The minimum atomic E-state index is 0.0758. The van der Waals surface area contributed by atoms with E-state index in [4.69, 9.17) is 17.3 Å². The van der Waals surface area contributed by atoms with Crippen LogP contribution in [0.3, 0.4) is 0 Å². The van der Waals surface area contributed by atoms with E-state index < -0.39 is 0 Å². The lowest BCUT2D eigenvalue weighted by Crippen LogP contribution is -2.34. The number of benzene rings is 1. The van der Waals surface area contributed by atoms with E-state index >= 15 is 0 Å². The van der Waals surface area contributed by atoms with Crippen molar-refractivity contribution in [1.29, 1.82) is 0 Å². The molecule has 1 aliphatic heterocycles. The average molecular weight is 313 g/mol. The molecule has 1 aromatic carbocycles. The Balaban J connectivity index is 2.26. The number of hydrogen-bond acceptors (Lipinski definition) is 3. The maximum Gasteiger partial charge on any atom is 0.255 e. The van der Waals surface area contributed by atoms with Crippen molar-refractivity contribution in [2.24, 2.45) is 11.7 Å². The van der Waals surface area contributed by atoms with Crippen molar-refractivity contribution in [1.82, 2.24) is 4.90 Å². The van der Waals surface area contributed by atoms with Gasteiger partial charge in [0, 0.05) is 22.5 Å². The molecule has 1 heterocycles. The normalized spacial score (nSPS) is 22.3. The summed E-state index contributed by atoms with van der Waals surface area (Å²) in [6, 6.07) is 5.80. The largest absolute Gasteiger partial charge is 0.336 e. The summed E-state index contributed by atoms with van der Waals surface area (Å²) in [6.07, 6.45) is 0.985. The van der Waals surface area contributed by atoms with Gasteiger partial charge in [0.2, 0.25) is 0 Å². The Morgan fingerprint density at radius 1 is 1.55 bits per heavy atom. The third-order valence-electron chi connectivity index (χ3n) is 3.73. The number of likely N-dealkylation sites (tertiary alicyclic amines) is 1. The van der Waals surface area contributed by atoms with Crippen molar-refractivity contribution < 1.29 is 4.79 Å². The molecule has 3 nitrogen and oxygen atoms in total. The molecule has 5 heteroatoms. The lowest BCUT2D eigenvalue weighted by Gasteiger charge is -2.23. The van der Waals surface area contributed by atoms with E-state index in [1.807, 2.05) is 17.0 Å². The van der Waals surface area contributed by atoms with Gasteiger partial charge < -0.3 is 10.6 Å². The fourth-order valence-corrected chi connectivity index (χ4v) is 3.65. The Morgan fingerprint density at radius 3 is 2.90 bits per heavy atom. The zero-order valence-electron chi connectivity index (χ0n) is 11.9. The molecule has 2 atom stereocenters. The quantitative estimate of drug-likeness (QED) is 0.868. The molecule has 0 saturated carbocycles. The van der Waals surface area contributed by atoms with Crippen LogP contribution in [0.25, 0.3) is 0 Å². The van der Waals surface area contributed by atoms with Crippen LogP contribution in [0.1, 0.15) is 30.6 Å². The SMILES string of the molecule is CCSc1ccc(Cl)cc1C(=O)N1CC(CN)CC1C. The zero-order chi connectivity index (χ0) is 14.7. The van der Waals surface area contributed by atoms with E-state index in [0.717, 1.165) is 23.6 Å². The number of carbonyl (C=O) groups is 1. The lowest BCUT2D eigenvalue weighted by atomic mass is 10.1. The number of halogens is 1. The van der Waals surface area contributed by atoms with E-state index in [1.54, 1.807) is 17.8 Å². The Labute approximate surface area is 129 Å². The molecule has 0 spiro atoms. The number of nitrogens with zero attached hydrogens (tertiary/aromatic N) is 1. The van der Waals surface area contributed by atoms with Gasteiger partial charge in [-0.2, -0.15) is 0 Å². The first kappa shape index (κ1) is 15.7. The molecule has 2 unspecified atom stereocenters. The highest BCUT2D eigenvalue weighted by Gasteiger charge is 2.32. The van der Waals surface area contributed by atoms with E-state index in [9.17, 15) is 4.79 Å². The van der Waals surface area contributed by atoms with Crippen LogP contribution in [0.5, 0.6) is 0 Å². The summed E-state index contributed by atoms with van der Waals surface area (Å²) in [5.74, 6) is 1.42. The average Bonchev–Trinajstić information content (AvgIpc) is 2.81. The van der Waals surface area contributed by atoms with Crippen LogP contribution in [0, 0.1) is 5.92 Å². The Morgan fingerprint density at radius 2 is 2.30 bits per heavy atom. The summed E-state index contributed by atoms with van der Waals surface area (Å²) in [4.78, 5) is 15.7. The van der Waals surface area contributed by atoms with Crippen LogP contribution in [0.15, 0.2) is 23.1 Å². The van der Waals surface area contributed by atoms with Gasteiger partial charge in [0.1, 0.15) is 0 Å². The van der Waals surface area contributed by atoms with Crippen molar-refractivity contribution in [3.63, 3.8) is 0 Å². The second kappa shape index (κ2) is 6.83. The van der Waals surface area contributed by atoms with E-state index in [-0.39, 0.29) is 11.9 Å². The van der Waals surface area contributed by atoms with E-state index in [2.05, 4.69) is 13.8 Å². The fourth-order valence-electron chi connectivity index (χ4n) is 2.70. The fraction of sp³-hybridized carbons (Fsp3) is 0.533. The first-order chi connectivity index (χ1) is 9.56. The van der Waals surface area contributed by atoms with Gasteiger partial charge in [0.25, 0.3) is 5.91 Å². The number of amides is 1. The van der Waals surface area contributed by atoms with Gasteiger partial charge >= 0.3 is 0 Å². The lowest BCUT2D eigenvalue weighted by molar-refractivity contribution is 0.0740. The molecule has 0 radical (unpaired) electrons. The zero-order valence-corrected chi connectivity index (χ0v) is 13.5. The van der Waals surface area contributed by atoms with Crippen LogP contribution in [-0.2, 0) is 0 Å². The molecule has 0 bridgehead atoms. The second-order valence-electron chi connectivity index (χ2n) is 5.22. The predicted molar refractivity (Wildman–Crippen MR) is 85.5 cm³/mol. The molecule has 1 amide bonds. The maximum atomic E-state index is 12.8. The summed E-state index contributed by atoms with van der Waals surface area (Å²) in [5, 5.41) is 0.607. The number of carbonyl (C=O) groups excluding carboxylic acids is 1. The Bertz CT molecular complexity index is 495. The minimum Gasteiger partial charge on any atom is -0.336 e. The Hall–Kier alpha value is -0.710. The van der Waals surface area contributed by atoms with Gasteiger partial charge in [-0.25, -0.2) is 0 Å². The second-order valence-corrected chi connectivity index (χ2v) is 6.96. The molecule has 0 aromatic heterocycles. The summed E-state index contributed by atoms with van der Waals surface area (Å²) < 4.78 is 0. The third kappa shape index (κ3) is 3.30. The van der Waals surface area contributed by atoms with Crippen LogP contribution in [0.2, 0.25) is 5.02 Å². The van der Waals surface area contributed by atoms with Crippen LogP contribution in [-0.4, -0.2) is 35.7 Å². The first-order valence-electron chi connectivity index (χ1n) is 7.00. The van der Waals surface area contributed by atoms with Gasteiger partial charge in [-0.15, -0.1) is 11.8 Å². The highest BCUT2D eigenvalue weighted by molar-refractivity contribution is 7.99. The highest BCUT2D eigenvalue weighted by Crippen LogP contribution is 2.30. The van der Waals surface area contributed by atoms with E-state index in [1.165, 1.54) is 0 Å². The minimum absolute atomic E-state index is 0.0758. The van der Waals surface area contributed by atoms with Gasteiger partial charge in [-0.3, -0.25) is 4.79 Å². The number of nitrogens with two attached hydrogens (primary N) is 1. The number of rotatable bonds is 4. The summed E-state index contributed by atoms with van der Waals surface area (Å²) in [6.45, 7) is 5.56. The molecular formula is C15H21ClN2OS. The van der Waals surface area contributed by atoms with Crippen molar-refractivity contribution in [2.75, 3.05) is 18.8 Å². The van der Waals surface area contributed by atoms with Gasteiger partial charge in [-0.1, -0.05) is 18.5 Å². The molecule has 110 valence electrons. The van der Waals surface area contributed by atoms with Crippen LogP contribution < -0.4 is 5.73 Å². The first-order valence-corrected chi connectivity index (χ1v) is 8.36. The molecule has 2 N–H and O–H groups in total. The molecule has 1 saturated heterocycles. The molecule has 1 aromatic rings. The van der Waals surface area contributed by atoms with Crippen LogP contribution >= 0.6 is 23.4 Å². The molecule has 20 heavy (non-hydrogen) atoms. The van der Waals surface area contributed by atoms with Gasteiger partial charge in [-0.05, 0) is 49.8 Å². The predicted octanol–water partition coefficient (Wildman–Crippen LogP) is 3.26. The monoisotopic (exact) mass is 312 g/mol. The van der Waals surface area contributed by atoms with E-state index in [0.29, 0.717) is 23.0 Å². The molecule has 1 fully saturated rings. The van der Waals surface area contributed by atoms with Gasteiger partial charge in [0.05, 0.1) is 5.56 Å². The summed E-state index contributed by atoms with van der Waals surface area (Å²) >= 11 is 7.73.